The molecule has 0 fully saturated rings. The molecule has 0 saturated carbocycles. The molecule has 0 unspecified atom stereocenters. The predicted molar refractivity (Wildman–Crippen MR) is 88.6 cm³/mol. The second-order valence-electron chi connectivity index (χ2n) is 4.60. The number of para-hydroxylation sites is 1. The summed E-state index contributed by atoms with van der Waals surface area (Å²) < 4.78 is 0. The Kier molecular flexibility index (Phi) is 5.18. The number of nitrogens with one attached hydrogen (secondary N) is 2. The summed E-state index contributed by atoms with van der Waals surface area (Å²) in [6, 6.07) is 16.2. The van der Waals surface area contributed by atoms with Crippen LogP contribution in [-0.2, 0) is 4.79 Å². The molecule has 0 radical (unpaired) electrons. The van der Waals surface area contributed by atoms with Gasteiger partial charge in [0.2, 0.25) is 0 Å². The highest BCUT2D eigenvalue weighted by Gasteiger charge is 2.09. The molecule has 2 aromatic carbocycles. The summed E-state index contributed by atoms with van der Waals surface area (Å²) in [5, 5.41) is 15.4. The molecule has 0 spiro atoms. The average Bonchev–Trinajstić information content (AvgIpc) is 2.52. The van der Waals surface area contributed by atoms with Crippen LogP contribution in [0.1, 0.15) is 5.56 Å². The lowest BCUT2D eigenvalue weighted by molar-refractivity contribution is -0.112. The summed E-state index contributed by atoms with van der Waals surface area (Å²) in [5.74, 6) is -0.466. The molecule has 0 saturated heterocycles. The number of nitrogens with zero attached hydrogens (tertiary/aromatic N) is 1. The molecule has 0 atom stereocenters. The van der Waals surface area contributed by atoms with Crippen molar-refractivity contribution < 1.29 is 4.79 Å². The van der Waals surface area contributed by atoms with E-state index in [4.69, 9.17) is 16.9 Å². The van der Waals surface area contributed by atoms with Gasteiger partial charge in [0, 0.05) is 22.6 Å². The first kappa shape index (κ1) is 15.6. The summed E-state index contributed by atoms with van der Waals surface area (Å²) in [7, 11) is 0. The number of carbonyl (C=O) groups excluding carboxylic acids is 1. The fourth-order valence-electron chi connectivity index (χ4n) is 1.76. The van der Waals surface area contributed by atoms with E-state index in [0.29, 0.717) is 10.7 Å². The Bertz CT molecular complexity index is 748. The van der Waals surface area contributed by atoms with E-state index in [2.05, 4.69) is 10.6 Å². The van der Waals surface area contributed by atoms with E-state index in [1.165, 1.54) is 6.20 Å². The normalized spacial score (nSPS) is 10.7. The summed E-state index contributed by atoms with van der Waals surface area (Å²) in [6.07, 6.45) is 1.38. The molecule has 0 heterocycles. The van der Waals surface area contributed by atoms with Crippen LogP contribution in [0.3, 0.4) is 0 Å². The third kappa shape index (κ3) is 4.11. The molecule has 5 heteroatoms. The van der Waals surface area contributed by atoms with E-state index < -0.39 is 5.91 Å². The van der Waals surface area contributed by atoms with Crippen LogP contribution in [-0.4, -0.2) is 5.91 Å². The Morgan fingerprint density at radius 1 is 1.18 bits per heavy atom. The van der Waals surface area contributed by atoms with Crippen LogP contribution in [0.2, 0.25) is 5.02 Å². The standard InChI is InChI=1S/C17H14ClN3O/c1-12-9-15(7-8-16(12)18)20-11-13(10-19)17(22)21-14-5-3-2-4-6-14/h2-9,11,20H,1H3,(H,21,22). The Morgan fingerprint density at radius 2 is 1.91 bits per heavy atom. The number of halogens is 1. The van der Waals surface area contributed by atoms with E-state index in [9.17, 15) is 4.79 Å². The van der Waals surface area contributed by atoms with Crippen LogP contribution in [0.5, 0.6) is 0 Å². The van der Waals surface area contributed by atoms with Crippen molar-refractivity contribution in [3.05, 3.63) is 70.9 Å². The lowest BCUT2D eigenvalue weighted by Gasteiger charge is -2.06. The van der Waals surface area contributed by atoms with Gasteiger partial charge in [0.05, 0.1) is 0 Å². The highest BCUT2D eigenvalue weighted by Crippen LogP contribution is 2.19. The summed E-state index contributed by atoms with van der Waals surface area (Å²) >= 11 is 5.95. The SMILES string of the molecule is Cc1cc(NC=C(C#N)C(=O)Nc2ccccc2)ccc1Cl. The molecule has 2 rings (SSSR count). The first-order chi connectivity index (χ1) is 10.6. The third-order valence-electron chi connectivity index (χ3n) is 2.94. The number of carbonyl (C=O) groups is 1. The van der Waals surface area contributed by atoms with Crippen LogP contribution < -0.4 is 10.6 Å². The number of aryl methyl sites for hydroxylation is 1. The van der Waals surface area contributed by atoms with Crippen LogP contribution >= 0.6 is 11.6 Å². The minimum absolute atomic E-state index is 0.0172. The van der Waals surface area contributed by atoms with Gasteiger partial charge in [0.1, 0.15) is 11.6 Å². The van der Waals surface area contributed by atoms with E-state index in [1.807, 2.05) is 25.1 Å². The van der Waals surface area contributed by atoms with Crippen molar-refractivity contribution in [3.8, 4) is 6.07 Å². The van der Waals surface area contributed by atoms with Crippen molar-refractivity contribution in [2.24, 2.45) is 0 Å². The maximum Gasteiger partial charge on any atom is 0.267 e. The third-order valence-corrected chi connectivity index (χ3v) is 3.36. The number of hydrogen-bond acceptors (Lipinski definition) is 3. The number of nitriles is 1. The molecule has 4 nitrogen and oxygen atoms in total. The summed E-state index contributed by atoms with van der Waals surface area (Å²) in [4.78, 5) is 12.0. The first-order valence-electron chi connectivity index (χ1n) is 6.59. The molecular weight excluding hydrogens is 298 g/mol. The molecule has 2 aromatic rings. The highest BCUT2D eigenvalue weighted by atomic mass is 35.5. The van der Waals surface area contributed by atoms with Gasteiger partial charge in [-0.3, -0.25) is 4.79 Å². The smallest absolute Gasteiger partial charge is 0.267 e. The Hall–Kier alpha value is -2.77. The second kappa shape index (κ2) is 7.30. The average molecular weight is 312 g/mol. The van der Waals surface area contributed by atoms with E-state index in [0.717, 1.165) is 11.3 Å². The van der Waals surface area contributed by atoms with Crippen LogP contribution in [0.4, 0.5) is 11.4 Å². The van der Waals surface area contributed by atoms with Gasteiger partial charge >= 0.3 is 0 Å². The monoisotopic (exact) mass is 311 g/mol. The molecule has 0 aliphatic rings. The second-order valence-corrected chi connectivity index (χ2v) is 5.01. The molecular formula is C17H14ClN3O. The highest BCUT2D eigenvalue weighted by molar-refractivity contribution is 6.31. The summed E-state index contributed by atoms with van der Waals surface area (Å²) in [5.41, 5.74) is 2.28. The van der Waals surface area contributed by atoms with Crippen LogP contribution in [0.15, 0.2) is 60.3 Å². The van der Waals surface area contributed by atoms with E-state index in [1.54, 1.807) is 36.4 Å². The number of rotatable bonds is 4. The zero-order valence-corrected chi connectivity index (χ0v) is 12.7. The molecule has 0 aromatic heterocycles. The number of amides is 1. The minimum Gasteiger partial charge on any atom is -0.360 e. The molecule has 22 heavy (non-hydrogen) atoms. The Labute approximate surface area is 134 Å². The van der Waals surface area contributed by atoms with Crippen molar-refractivity contribution in [2.75, 3.05) is 10.6 Å². The van der Waals surface area contributed by atoms with Gasteiger partial charge in [0.25, 0.3) is 5.91 Å². The predicted octanol–water partition coefficient (Wildman–Crippen LogP) is 4.11. The number of benzene rings is 2. The minimum atomic E-state index is -0.466. The van der Waals surface area contributed by atoms with Crippen molar-refractivity contribution in [3.63, 3.8) is 0 Å². The molecule has 110 valence electrons. The van der Waals surface area contributed by atoms with Crippen LogP contribution in [0.25, 0.3) is 0 Å². The fourth-order valence-corrected chi connectivity index (χ4v) is 1.88. The van der Waals surface area contributed by atoms with E-state index >= 15 is 0 Å². The van der Waals surface area contributed by atoms with E-state index in [-0.39, 0.29) is 5.57 Å². The summed E-state index contributed by atoms with van der Waals surface area (Å²) in [6.45, 7) is 1.88. The molecule has 0 aliphatic carbocycles. The number of anilines is 2. The molecule has 2 N–H and O–H groups in total. The molecule has 0 bridgehead atoms. The van der Waals surface area contributed by atoms with Gasteiger partial charge < -0.3 is 10.6 Å². The maximum absolute atomic E-state index is 12.0. The van der Waals surface area contributed by atoms with Crippen molar-refractivity contribution in [1.29, 1.82) is 5.26 Å². The number of hydrogen-bond donors (Lipinski definition) is 2. The van der Waals surface area contributed by atoms with Gasteiger partial charge in [0.15, 0.2) is 0 Å². The van der Waals surface area contributed by atoms with Gasteiger partial charge in [-0.1, -0.05) is 29.8 Å². The van der Waals surface area contributed by atoms with Gasteiger partial charge in [-0.2, -0.15) is 5.26 Å². The van der Waals surface area contributed by atoms with Crippen molar-refractivity contribution in [2.45, 2.75) is 6.92 Å². The van der Waals surface area contributed by atoms with Gasteiger partial charge in [-0.05, 0) is 42.8 Å². The maximum atomic E-state index is 12.0. The molecule has 1 amide bonds. The van der Waals surface area contributed by atoms with Crippen LogP contribution in [0, 0.1) is 18.3 Å². The Morgan fingerprint density at radius 3 is 2.55 bits per heavy atom. The van der Waals surface area contributed by atoms with Crippen molar-refractivity contribution in [1.82, 2.24) is 0 Å². The topological polar surface area (TPSA) is 64.9 Å². The zero-order valence-electron chi connectivity index (χ0n) is 11.9. The fraction of sp³-hybridized carbons (Fsp3) is 0.0588. The lowest BCUT2D eigenvalue weighted by Crippen LogP contribution is -2.14. The molecule has 0 aliphatic heterocycles. The zero-order chi connectivity index (χ0) is 15.9. The quantitative estimate of drug-likeness (QED) is 0.660. The lowest BCUT2D eigenvalue weighted by atomic mass is 10.2. The van der Waals surface area contributed by atoms with Crippen molar-refractivity contribution >= 4 is 28.9 Å². The van der Waals surface area contributed by atoms with Gasteiger partial charge in [-0.25, -0.2) is 0 Å². The largest absolute Gasteiger partial charge is 0.360 e. The van der Waals surface area contributed by atoms with Gasteiger partial charge in [-0.15, -0.1) is 0 Å². The first-order valence-corrected chi connectivity index (χ1v) is 6.97. The Balaban J connectivity index is 2.08.